The highest BCUT2D eigenvalue weighted by Gasteiger charge is 2.44. The van der Waals surface area contributed by atoms with E-state index < -0.39 is 5.66 Å². The number of hydrogen-bond donors (Lipinski definition) is 1. The predicted octanol–water partition coefficient (Wildman–Crippen LogP) is 3.01. The Labute approximate surface area is 178 Å². The van der Waals surface area contributed by atoms with Gasteiger partial charge in [-0.3, -0.25) is 14.5 Å². The zero-order valence-corrected chi connectivity index (χ0v) is 17.3. The van der Waals surface area contributed by atoms with Crippen molar-refractivity contribution in [1.82, 2.24) is 15.2 Å². The third kappa shape index (κ3) is 3.05. The van der Waals surface area contributed by atoms with Gasteiger partial charge >= 0.3 is 0 Å². The average Bonchev–Trinajstić information content (AvgIpc) is 2.76. The van der Waals surface area contributed by atoms with Crippen LogP contribution in [0.25, 0.3) is 11.0 Å². The second-order valence-electron chi connectivity index (χ2n) is 7.93. The first-order valence-electron chi connectivity index (χ1n) is 9.90. The van der Waals surface area contributed by atoms with Crippen molar-refractivity contribution in [3.63, 3.8) is 0 Å². The second kappa shape index (κ2) is 7.11. The maximum atomic E-state index is 12.9. The van der Waals surface area contributed by atoms with Crippen molar-refractivity contribution in [3.05, 3.63) is 69.2 Å². The Morgan fingerprint density at radius 3 is 2.83 bits per heavy atom. The zero-order valence-electron chi connectivity index (χ0n) is 16.5. The number of anilines is 1. The standard InChI is InChI=1S/C22H21ClN4O3/c1-26-20-16(3-2-8-24-20)21(29)25-22(26)6-9-27(10-7-22)12-14-13-30-18-5-4-15(23)11-17(18)19(14)28/h2-5,8,11,13H,6-7,9-10,12H2,1H3,(H,25,29). The monoisotopic (exact) mass is 424 g/mol. The first-order chi connectivity index (χ1) is 14.5. The second-order valence-corrected chi connectivity index (χ2v) is 8.36. The number of halogens is 1. The molecule has 2 aliphatic heterocycles. The lowest BCUT2D eigenvalue weighted by molar-refractivity contribution is 0.0770. The van der Waals surface area contributed by atoms with Crippen LogP contribution in [-0.2, 0) is 6.54 Å². The van der Waals surface area contributed by atoms with E-state index in [-0.39, 0.29) is 11.3 Å². The van der Waals surface area contributed by atoms with Gasteiger partial charge in [0, 0.05) is 56.3 Å². The Bertz CT molecular complexity index is 1200. The summed E-state index contributed by atoms with van der Waals surface area (Å²) in [6.45, 7) is 1.97. The summed E-state index contributed by atoms with van der Waals surface area (Å²) in [4.78, 5) is 34.2. The lowest BCUT2D eigenvalue weighted by Gasteiger charge is -2.50. The Morgan fingerprint density at radius 2 is 2.03 bits per heavy atom. The molecule has 0 unspecified atom stereocenters. The fourth-order valence-electron chi connectivity index (χ4n) is 4.44. The molecule has 0 saturated carbocycles. The van der Waals surface area contributed by atoms with Gasteiger partial charge in [-0.25, -0.2) is 4.98 Å². The summed E-state index contributed by atoms with van der Waals surface area (Å²) in [7, 11) is 1.97. The number of fused-ring (bicyclic) bond motifs is 2. The molecule has 4 heterocycles. The van der Waals surface area contributed by atoms with Crippen LogP contribution in [0.5, 0.6) is 0 Å². The molecule has 30 heavy (non-hydrogen) atoms. The van der Waals surface area contributed by atoms with Gasteiger partial charge in [0.15, 0.2) is 5.43 Å². The van der Waals surface area contributed by atoms with Crippen molar-refractivity contribution in [2.45, 2.75) is 25.0 Å². The van der Waals surface area contributed by atoms with E-state index >= 15 is 0 Å². The molecule has 1 N–H and O–H groups in total. The molecule has 5 rings (SSSR count). The first-order valence-corrected chi connectivity index (χ1v) is 10.3. The number of likely N-dealkylation sites (tertiary alicyclic amines) is 1. The molecule has 0 bridgehead atoms. The molecule has 2 aliphatic rings. The molecule has 3 aromatic rings. The van der Waals surface area contributed by atoms with Crippen molar-refractivity contribution < 1.29 is 9.21 Å². The normalized spacial score (nSPS) is 18.5. The number of benzene rings is 1. The summed E-state index contributed by atoms with van der Waals surface area (Å²) in [5, 5.41) is 4.20. The Morgan fingerprint density at radius 1 is 1.23 bits per heavy atom. The molecule has 1 aromatic carbocycles. The number of amides is 1. The maximum absolute atomic E-state index is 12.9. The van der Waals surface area contributed by atoms with Gasteiger partial charge in [0.25, 0.3) is 5.91 Å². The lowest BCUT2D eigenvalue weighted by Crippen LogP contribution is -2.66. The van der Waals surface area contributed by atoms with Gasteiger partial charge in [-0.05, 0) is 30.3 Å². The van der Waals surface area contributed by atoms with E-state index in [4.69, 9.17) is 16.0 Å². The van der Waals surface area contributed by atoms with Crippen LogP contribution in [0.2, 0.25) is 5.02 Å². The number of carbonyl (C=O) groups excluding carboxylic acids is 1. The number of hydrogen-bond acceptors (Lipinski definition) is 6. The molecule has 0 aliphatic carbocycles. The fourth-order valence-corrected chi connectivity index (χ4v) is 4.61. The quantitative estimate of drug-likeness (QED) is 0.681. The summed E-state index contributed by atoms with van der Waals surface area (Å²) >= 11 is 6.04. The Hall–Kier alpha value is -2.90. The third-order valence-electron chi connectivity index (χ3n) is 6.22. The van der Waals surface area contributed by atoms with Crippen molar-refractivity contribution in [2.75, 3.05) is 25.0 Å². The van der Waals surface area contributed by atoms with Gasteiger partial charge in [0.1, 0.15) is 17.1 Å². The zero-order chi connectivity index (χ0) is 20.9. The van der Waals surface area contributed by atoms with Crippen molar-refractivity contribution >= 4 is 34.3 Å². The van der Waals surface area contributed by atoms with Crippen molar-refractivity contribution in [1.29, 1.82) is 0 Å². The highest BCUT2D eigenvalue weighted by atomic mass is 35.5. The summed E-state index contributed by atoms with van der Waals surface area (Å²) in [5.74, 6) is 0.624. The van der Waals surface area contributed by atoms with Gasteiger partial charge in [-0.1, -0.05) is 11.6 Å². The van der Waals surface area contributed by atoms with Crippen LogP contribution in [0.15, 0.2) is 52.0 Å². The molecule has 8 heteroatoms. The summed E-state index contributed by atoms with van der Waals surface area (Å²) in [5.41, 5.74) is 1.22. The summed E-state index contributed by atoms with van der Waals surface area (Å²) < 4.78 is 5.64. The topological polar surface area (TPSA) is 78.7 Å². The minimum atomic E-state index is -0.462. The van der Waals surface area contributed by atoms with E-state index in [1.54, 1.807) is 36.5 Å². The van der Waals surface area contributed by atoms with Gasteiger partial charge < -0.3 is 14.6 Å². The molecule has 7 nitrogen and oxygen atoms in total. The number of piperidine rings is 1. The minimum absolute atomic E-state index is 0.0553. The number of pyridine rings is 1. The first kappa shape index (κ1) is 19.1. The minimum Gasteiger partial charge on any atom is -0.464 e. The number of rotatable bonds is 2. The maximum Gasteiger partial charge on any atom is 0.256 e. The van der Waals surface area contributed by atoms with E-state index in [9.17, 15) is 9.59 Å². The highest BCUT2D eigenvalue weighted by molar-refractivity contribution is 6.31. The molecule has 1 fully saturated rings. The van der Waals surface area contributed by atoms with E-state index in [2.05, 4.69) is 20.1 Å². The van der Waals surface area contributed by atoms with Crippen LogP contribution in [0.3, 0.4) is 0 Å². The fraction of sp³-hybridized carbons (Fsp3) is 0.318. The third-order valence-corrected chi connectivity index (χ3v) is 6.46. The van der Waals surface area contributed by atoms with Crippen LogP contribution in [0.4, 0.5) is 5.82 Å². The van der Waals surface area contributed by atoms with Crippen molar-refractivity contribution in [2.24, 2.45) is 0 Å². The largest absolute Gasteiger partial charge is 0.464 e. The molecule has 0 radical (unpaired) electrons. The Balaban J connectivity index is 1.35. The van der Waals surface area contributed by atoms with Gasteiger partial charge in [-0.15, -0.1) is 0 Å². The SMILES string of the molecule is CN1c2ncccc2C(=O)NC12CCN(Cc1coc3ccc(Cl)cc3c1=O)CC2. The van der Waals surface area contributed by atoms with Crippen LogP contribution in [0, 0.1) is 0 Å². The van der Waals surface area contributed by atoms with E-state index in [1.807, 2.05) is 7.05 Å². The van der Waals surface area contributed by atoms with Gasteiger partial charge in [-0.2, -0.15) is 0 Å². The molecule has 2 aromatic heterocycles. The van der Waals surface area contributed by atoms with Crippen LogP contribution < -0.4 is 15.6 Å². The molecule has 1 spiro atoms. The van der Waals surface area contributed by atoms with E-state index in [0.29, 0.717) is 39.5 Å². The predicted molar refractivity (Wildman–Crippen MR) is 115 cm³/mol. The molecule has 154 valence electrons. The van der Waals surface area contributed by atoms with E-state index in [1.165, 1.54) is 6.26 Å². The number of carbonyl (C=O) groups is 1. The lowest BCUT2D eigenvalue weighted by atomic mass is 9.91. The molecule has 1 saturated heterocycles. The molecule has 0 atom stereocenters. The van der Waals surface area contributed by atoms with Crippen LogP contribution in [-0.4, -0.2) is 41.6 Å². The average molecular weight is 425 g/mol. The van der Waals surface area contributed by atoms with Gasteiger partial charge in [0.2, 0.25) is 0 Å². The number of nitrogens with one attached hydrogen (secondary N) is 1. The summed E-state index contributed by atoms with van der Waals surface area (Å²) in [6.07, 6.45) is 4.71. The molecule has 1 amide bonds. The van der Waals surface area contributed by atoms with E-state index in [0.717, 1.165) is 25.9 Å². The van der Waals surface area contributed by atoms with Crippen molar-refractivity contribution in [3.8, 4) is 0 Å². The number of nitrogens with zero attached hydrogens (tertiary/aromatic N) is 3. The molecular formula is C22H21ClN4O3. The smallest absolute Gasteiger partial charge is 0.256 e. The highest BCUT2D eigenvalue weighted by Crippen LogP contribution is 2.35. The van der Waals surface area contributed by atoms with Crippen LogP contribution >= 0.6 is 11.6 Å². The van der Waals surface area contributed by atoms with Gasteiger partial charge in [0.05, 0.1) is 17.2 Å². The Kier molecular flexibility index (Phi) is 4.52. The number of aromatic nitrogens is 1. The van der Waals surface area contributed by atoms with Crippen LogP contribution in [0.1, 0.15) is 28.8 Å². The molecular weight excluding hydrogens is 404 g/mol. The summed E-state index contributed by atoms with van der Waals surface area (Å²) in [6, 6.07) is 8.63.